The van der Waals surface area contributed by atoms with Gasteiger partial charge in [-0.25, -0.2) is 0 Å². The van der Waals surface area contributed by atoms with Gasteiger partial charge in [-0.05, 0) is 24.8 Å². The van der Waals surface area contributed by atoms with Gasteiger partial charge in [0, 0.05) is 38.7 Å². The number of aliphatic imine (C=N–C) groups is 1. The van der Waals surface area contributed by atoms with Crippen LogP contribution in [0.15, 0.2) is 29.3 Å². The first-order chi connectivity index (χ1) is 12.0. The Hall–Kier alpha value is -1.65. The van der Waals surface area contributed by atoms with Crippen LogP contribution >= 0.6 is 24.0 Å². The van der Waals surface area contributed by atoms with Crippen LogP contribution in [-0.4, -0.2) is 43.5 Å². The topological polar surface area (TPSA) is 80.0 Å². The molecule has 0 radical (unpaired) electrons. The number of primary amides is 1. The Kier molecular flexibility index (Phi) is 9.60. The van der Waals surface area contributed by atoms with Crippen molar-refractivity contribution in [2.75, 3.05) is 20.1 Å². The summed E-state index contributed by atoms with van der Waals surface area (Å²) in [6.45, 7) is -1.04. The fourth-order valence-corrected chi connectivity index (χ4v) is 3.08. The third-order valence-corrected chi connectivity index (χ3v) is 4.15. The summed E-state index contributed by atoms with van der Waals surface area (Å²) in [5, 5.41) is 3.18. The molecule has 26 heavy (non-hydrogen) atoms. The van der Waals surface area contributed by atoms with Gasteiger partial charge in [0.25, 0.3) is 0 Å². The lowest BCUT2D eigenvalue weighted by atomic mass is 9.95. The predicted molar refractivity (Wildman–Crippen MR) is 107 cm³/mol. The molecule has 9 heteroatoms. The zero-order chi connectivity index (χ0) is 18.2. The van der Waals surface area contributed by atoms with Crippen LogP contribution in [0.4, 0.5) is 8.78 Å². The molecule has 1 atom stereocenters. The van der Waals surface area contributed by atoms with Crippen molar-refractivity contribution in [3.05, 3.63) is 29.8 Å². The molecule has 1 heterocycles. The number of rotatable bonds is 6. The molecule has 146 valence electrons. The minimum atomic E-state index is -2.86. The molecule has 0 aliphatic carbocycles. The Bertz CT molecular complexity index is 616. The van der Waals surface area contributed by atoms with E-state index in [-0.39, 0.29) is 41.6 Å². The van der Waals surface area contributed by atoms with Gasteiger partial charge >= 0.3 is 6.61 Å². The number of halogens is 3. The highest BCUT2D eigenvalue weighted by atomic mass is 127. The number of alkyl halides is 2. The highest BCUT2D eigenvalue weighted by Gasteiger charge is 2.23. The molecule has 3 N–H and O–H groups in total. The average Bonchev–Trinajstić information content (AvgIpc) is 2.56. The molecule has 1 aliphatic rings. The molecule has 6 nitrogen and oxygen atoms in total. The molecular weight excluding hydrogens is 457 g/mol. The van der Waals surface area contributed by atoms with E-state index in [0.717, 1.165) is 19.4 Å². The molecule has 1 amide bonds. The molecule has 1 fully saturated rings. The smallest absolute Gasteiger partial charge is 0.387 e. The summed E-state index contributed by atoms with van der Waals surface area (Å²) in [6.07, 6.45) is 2.27. The number of amides is 1. The number of piperidine rings is 1. The maximum Gasteiger partial charge on any atom is 0.387 e. The molecule has 1 unspecified atom stereocenters. The zero-order valence-corrected chi connectivity index (χ0v) is 17.0. The van der Waals surface area contributed by atoms with E-state index in [0.29, 0.717) is 31.0 Å². The Labute approximate surface area is 169 Å². The van der Waals surface area contributed by atoms with E-state index in [1.807, 2.05) is 0 Å². The molecule has 0 bridgehead atoms. The minimum absolute atomic E-state index is 0. The number of likely N-dealkylation sites (tertiary alicyclic amines) is 1. The number of benzene rings is 1. The second kappa shape index (κ2) is 11.1. The van der Waals surface area contributed by atoms with Crippen LogP contribution < -0.4 is 15.8 Å². The van der Waals surface area contributed by atoms with Crippen molar-refractivity contribution in [2.24, 2.45) is 16.6 Å². The average molecular weight is 482 g/mol. The van der Waals surface area contributed by atoms with E-state index >= 15 is 0 Å². The number of carbonyl (C=O) groups is 1. The highest BCUT2D eigenvalue weighted by molar-refractivity contribution is 14.0. The van der Waals surface area contributed by atoms with Crippen molar-refractivity contribution in [3.63, 3.8) is 0 Å². The Morgan fingerprint density at radius 1 is 1.46 bits per heavy atom. The van der Waals surface area contributed by atoms with Gasteiger partial charge in [-0.1, -0.05) is 18.2 Å². The predicted octanol–water partition coefficient (Wildman–Crippen LogP) is 2.57. The molecular formula is C17H25F2IN4O2. The number of nitrogens with one attached hydrogen (secondary N) is 1. The van der Waals surface area contributed by atoms with Crippen LogP contribution in [0.3, 0.4) is 0 Å². The highest BCUT2D eigenvalue weighted by Crippen LogP contribution is 2.21. The molecule has 0 spiro atoms. The van der Waals surface area contributed by atoms with Crippen LogP contribution in [0.5, 0.6) is 5.75 Å². The maximum absolute atomic E-state index is 12.5. The first-order valence-corrected chi connectivity index (χ1v) is 8.26. The summed E-state index contributed by atoms with van der Waals surface area (Å²) >= 11 is 0. The molecule has 1 saturated heterocycles. The van der Waals surface area contributed by atoms with Gasteiger partial charge in [0.05, 0.1) is 0 Å². The quantitative estimate of drug-likeness (QED) is 0.371. The molecule has 2 rings (SSSR count). The monoisotopic (exact) mass is 482 g/mol. The van der Waals surface area contributed by atoms with Crippen LogP contribution in [0.25, 0.3) is 0 Å². The summed E-state index contributed by atoms with van der Waals surface area (Å²) in [5.74, 6) is 0.721. The van der Waals surface area contributed by atoms with E-state index in [4.69, 9.17) is 5.73 Å². The van der Waals surface area contributed by atoms with Crippen LogP contribution in [0.1, 0.15) is 24.8 Å². The number of nitrogens with zero attached hydrogens (tertiary/aromatic N) is 2. The lowest BCUT2D eigenvalue weighted by Crippen LogP contribution is -2.46. The molecule has 0 saturated carbocycles. The lowest BCUT2D eigenvalue weighted by Gasteiger charge is -2.34. The minimum Gasteiger partial charge on any atom is -0.434 e. The number of carbonyl (C=O) groups excluding carboxylic acids is 1. The van der Waals surface area contributed by atoms with E-state index < -0.39 is 6.61 Å². The fraction of sp³-hybridized carbons (Fsp3) is 0.529. The molecule has 1 aromatic rings. The van der Waals surface area contributed by atoms with Gasteiger partial charge in [0.2, 0.25) is 5.91 Å². The SMILES string of the molecule is CN=C(NCc1ccccc1OC(F)F)N1CCCC(CC(N)=O)C1.I. The number of para-hydroxylation sites is 1. The van der Waals surface area contributed by atoms with Gasteiger partial charge in [-0.15, -0.1) is 24.0 Å². The van der Waals surface area contributed by atoms with Crippen molar-refractivity contribution in [1.29, 1.82) is 0 Å². The summed E-state index contributed by atoms with van der Waals surface area (Å²) in [6, 6.07) is 6.65. The standard InChI is InChI=1S/C17H24F2N4O2.HI/c1-21-17(23-8-4-5-12(11-23)9-15(20)24)22-10-13-6-2-3-7-14(13)25-16(18)19;/h2-3,6-7,12,16H,4-5,8-11H2,1H3,(H2,20,24)(H,21,22);1H. The van der Waals surface area contributed by atoms with Crippen molar-refractivity contribution in [1.82, 2.24) is 10.2 Å². The van der Waals surface area contributed by atoms with Crippen LogP contribution in [-0.2, 0) is 11.3 Å². The van der Waals surface area contributed by atoms with Crippen molar-refractivity contribution in [3.8, 4) is 5.75 Å². The third kappa shape index (κ3) is 6.93. The van der Waals surface area contributed by atoms with Gasteiger partial charge in [-0.2, -0.15) is 8.78 Å². The Balaban J connectivity index is 0.00000338. The maximum atomic E-state index is 12.5. The van der Waals surface area contributed by atoms with E-state index in [2.05, 4.69) is 19.9 Å². The largest absolute Gasteiger partial charge is 0.434 e. The number of guanidine groups is 1. The summed E-state index contributed by atoms with van der Waals surface area (Å²) in [5.41, 5.74) is 5.91. The molecule has 1 aromatic carbocycles. The number of hydrogen-bond donors (Lipinski definition) is 2. The van der Waals surface area contributed by atoms with Gasteiger partial charge in [-0.3, -0.25) is 9.79 Å². The van der Waals surface area contributed by atoms with Crippen molar-refractivity contribution in [2.45, 2.75) is 32.4 Å². The second-order valence-electron chi connectivity index (χ2n) is 6.01. The van der Waals surface area contributed by atoms with Gasteiger partial charge in [0.15, 0.2) is 5.96 Å². The fourth-order valence-electron chi connectivity index (χ4n) is 3.08. The number of hydrogen-bond acceptors (Lipinski definition) is 3. The first-order valence-electron chi connectivity index (χ1n) is 8.26. The van der Waals surface area contributed by atoms with Gasteiger partial charge in [0.1, 0.15) is 5.75 Å². The summed E-state index contributed by atoms with van der Waals surface area (Å²) < 4.78 is 29.5. The third-order valence-electron chi connectivity index (χ3n) is 4.15. The van der Waals surface area contributed by atoms with Crippen molar-refractivity contribution < 1.29 is 18.3 Å². The van der Waals surface area contributed by atoms with E-state index in [9.17, 15) is 13.6 Å². The zero-order valence-electron chi connectivity index (χ0n) is 14.7. The normalized spacial score (nSPS) is 17.6. The Morgan fingerprint density at radius 3 is 2.85 bits per heavy atom. The summed E-state index contributed by atoms with van der Waals surface area (Å²) in [4.78, 5) is 17.5. The molecule has 0 aromatic heterocycles. The van der Waals surface area contributed by atoms with Crippen molar-refractivity contribution >= 4 is 35.8 Å². The molecule has 1 aliphatic heterocycles. The second-order valence-corrected chi connectivity index (χ2v) is 6.01. The number of ether oxygens (including phenoxy) is 1. The van der Waals surface area contributed by atoms with E-state index in [1.165, 1.54) is 6.07 Å². The first kappa shape index (κ1) is 22.4. The van der Waals surface area contributed by atoms with Crippen LogP contribution in [0, 0.1) is 5.92 Å². The Morgan fingerprint density at radius 2 is 2.19 bits per heavy atom. The van der Waals surface area contributed by atoms with Crippen LogP contribution in [0.2, 0.25) is 0 Å². The number of nitrogens with two attached hydrogens (primary N) is 1. The lowest BCUT2D eigenvalue weighted by molar-refractivity contribution is -0.119. The summed E-state index contributed by atoms with van der Waals surface area (Å²) in [7, 11) is 1.67. The van der Waals surface area contributed by atoms with Gasteiger partial charge < -0.3 is 20.7 Å². The van der Waals surface area contributed by atoms with E-state index in [1.54, 1.807) is 25.2 Å².